The van der Waals surface area contributed by atoms with Crippen molar-refractivity contribution < 1.29 is 46.1 Å². The number of thiophene rings is 1. The molecule has 1 atom stereocenters. The molecule has 0 radical (unpaired) electrons. The SMILES string of the molecule is CC(=O)C1=C(O)C(c2ccc(C(F)(F)F)cc2)SC1.CC(=O)c1csc(-c2ccc(C(F)(F)F)cc2)c1O. The smallest absolute Gasteiger partial charge is 0.416 e. The number of carbonyl (C=O) groups excluding carboxylic acids is 2. The van der Waals surface area contributed by atoms with Gasteiger partial charge in [0.1, 0.15) is 11.5 Å². The lowest BCUT2D eigenvalue weighted by Gasteiger charge is -2.12. The van der Waals surface area contributed by atoms with E-state index in [4.69, 9.17) is 0 Å². The molecule has 0 saturated heterocycles. The van der Waals surface area contributed by atoms with Crippen molar-refractivity contribution in [3.8, 4) is 16.2 Å². The van der Waals surface area contributed by atoms with Crippen LogP contribution in [0.3, 0.4) is 0 Å². The molecule has 4 rings (SSSR count). The molecule has 0 fully saturated rings. The van der Waals surface area contributed by atoms with Crippen LogP contribution >= 0.6 is 23.1 Å². The van der Waals surface area contributed by atoms with Crippen molar-refractivity contribution in [3.05, 3.63) is 87.5 Å². The van der Waals surface area contributed by atoms with Crippen LogP contribution in [0.2, 0.25) is 0 Å². The average molecular weight is 575 g/mol. The first kappa shape index (κ1) is 29.3. The molecular formula is C26H20F6O4S2. The minimum atomic E-state index is -4.39. The Morgan fingerprint density at radius 3 is 1.71 bits per heavy atom. The molecule has 0 saturated carbocycles. The monoisotopic (exact) mass is 574 g/mol. The number of rotatable bonds is 4. The van der Waals surface area contributed by atoms with Gasteiger partial charge in [0.2, 0.25) is 0 Å². The highest BCUT2D eigenvalue weighted by Gasteiger charge is 2.33. The number of benzene rings is 2. The number of alkyl halides is 6. The van der Waals surface area contributed by atoms with Crippen molar-refractivity contribution in [1.82, 2.24) is 0 Å². The number of aromatic hydroxyl groups is 1. The van der Waals surface area contributed by atoms with Crippen molar-refractivity contribution in [2.24, 2.45) is 0 Å². The second-order valence-electron chi connectivity index (χ2n) is 8.19. The first-order valence-electron chi connectivity index (χ1n) is 10.8. The Hall–Kier alpha value is -3.25. The van der Waals surface area contributed by atoms with Gasteiger partial charge in [0.05, 0.1) is 26.8 Å². The predicted octanol–water partition coefficient (Wildman–Crippen LogP) is 8.24. The highest BCUT2D eigenvalue weighted by atomic mass is 32.2. The summed E-state index contributed by atoms with van der Waals surface area (Å²) in [5.74, 6) is -0.340. The molecule has 0 spiro atoms. The van der Waals surface area contributed by atoms with Crippen molar-refractivity contribution in [3.63, 3.8) is 0 Å². The minimum absolute atomic E-state index is 0.0442. The Morgan fingerprint density at radius 1 is 0.816 bits per heavy atom. The molecule has 1 aliphatic rings. The highest BCUT2D eigenvalue weighted by Crippen LogP contribution is 2.44. The topological polar surface area (TPSA) is 74.6 Å². The molecule has 0 amide bonds. The van der Waals surface area contributed by atoms with E-state index in [0.717, 1.165) is 35.6 Å². The zero-order chi connectivity index (χ0) is 28.4. The fourth-order valence-electron chi connectivity index (χ4n) is 3.48. The van der Waals surface area contributed by atoms with Crippen LogP contribution in [-0.2, 0) is 17.1 Å². The van der Waals surface area contributed by atoms with E-state index < -0.39 is 28.7 Å². The van der Waals surface area contributed by atoms with Crippen LogP contribution < -0.4 is 0 Å². The molecule has 4 nitrogen and oxygen atoms in total. The number of Topliss-reactive ketones (excluding diaryl/α,β-unsaturated/α-hetero) is 2. The molecule has 202 valence electrons. The van der Waals surface area contributed by atoms with Gasteiger partial charge in [-0.2, -0.15) is 26.3 Å². The molecule has 2 aromatic carbocycles. The Bertz CT molecular complexity index is 1350. The highest BCUT2D eigenvalue weighted by molar-refractivity contribution is 8.00. The number of aliphatic hydroxyl groups excluding tert-OH is 1. The van der Waals surface area contributed by atoms with Gasteiger partial charge in [-0.05, 0) is 49.2 Å². The average Bonchev–Trinajstić information content (AvgIpc) is 3.41. The summed E-state index contributed by atoms with van der Waals surface area (Å²) in [6.07, 6.45) is -8.76. The van der Waals surface area contributed by atoms with Gasteiger partial charge in [-0.1, -0.05) is 24.3 Å². The third-order valence-electron chi connectivity index (χ3n) is 5.54. The van der Waals surface area contributed by atoms with E-state index in [0.29, 0.717) is 27.3 Å². The maximum absolute atomic E-state index is 12.4. The quantitative estimate of drug-likeness (QED) is 0.243. The first-order valence-corrected chi connectivity index (χ1v) is 12.7. The van der Waals surface area contributed by atoms with Gasteiger partial charge < -0.3 is 10.2 Å². The molecule has 1 unspecified atom stereocenters. The third kappa shape index (κ3) is 6.60. The van der Waals surface area contributed by atoms with Crippen molar-refractivity contribution in [2.75, 3.05) is 5.75 Å². The van der Waals surface area contributed by atoms with Gasteiger partial charge in [-0.3, -0.25) is 9.59 Å². The normalized spacial score (nSPS) is 15.7. The fourth-order valence-corrected chi connectivity index (χ4v) is 5.82. The Balaban J connectivity index is 0.000000211. The van der Waals surface area contributed by atoms with Gasteiger partial charge in [-0.25, -0.2) is 0 Å². The van der Waals surface area contributed by atoms with Crippen molar-refractivity contribution in [2.45, 2.75) is 31.5 Å². The van der Waals surface area contributed by atoms with Gasteiger partial charge in [-0.15, -0.1) is 23.1 Å². The second-order valence-corrected chi connectivity index (χ2v) is 10.2. The summed E-state index contributed by atoms with van der Waals surface area (Å²) in [5.41, 5.74) is 0.0538. The number of hydrogen-bond acceptors (Lipinski definition) is 6. The van der Waals surface area contributed by atoms with Gasteiger partial charge >= 0.3 is 12.4 Å². The fraction of sp³-hybridized carbons (Fsp3) is 0.231. The lowest BCUT2D eigenvalue weighted by molar-refractivity contribution is -0.138. The molecule has 2 heterocycles. The van der Waals surface area contributed by atoms with E-state index in [1.165, 1.54) is 55.3 Å². The maximum atomic E-state index is 12.4. The van der Waals surface area contributed by atoms with E-state index in [1.807, 2.05) is 0 Å². The lowest BCUT2D eigenvalue weighted by Crippen LogP contribution is -2.05. The predicted molar refractivity (Wildman–Crippen MR) is 133 cm³/mol. The van der Waals surface area contributed by atoms with Crippen LogP contribution in [0, 0.1) is 0 Å². The number of carbonyl (C=O) groups is 2. The summed E-state index contributed by atoms with van der Waals surface area (Å²) >= 11 is 2.45. The summed E-state index contributed by atoms with van der Waals surface area (Å²) in [4.78, 5) is 22.8. The van der Waals surface area contributed by atoms with Crippen LogP contribution in [-0.4, -0.2) is 27.5 Å². The van der Waals surface area contributed by atoms with Crippen LogP contribution in [0.4, 0.5) is 26.3 Å². The van der Waals surface area contributed by atoms with Crippen molar-refractivity contribution in [1.29, 1.82) is 0 Å². The van der Waals surface area contributed by atoms with E-state index in [-0.39, 0.29) is 28.6 Å². The molecule has 2 N–H and O–H groups in total. The molecule has 0 bridgehead atoms. The van der Waals surface area contributed by atoms with Gasteiger partial charge in [0.25, 0.3) is 0 Å². The van der Waals surface area contributed by atoms with Crippen LogP contribution in [0.15, 0.2) is 65.2 Å². The number of hydrogen-bond donors (Lipinski definition) is 2. The first-order chi connectivity index (χ1) is 17.6. The zero-order valence-electron chi connectivity index (χ0n) is 19.8. The zero-order valence-corrected chi connectivity index (χ0v) is 21.4. The summed E-state index contributed by atoms with van der Waals surface area (Å²) in [5, 5.41) is 20.8. The van der Waals surface area contributed by atoms with Crippen LogP contribution in [0.5, 0.6) is 5.75 Å². The second kappa shape index (κ2) is 11.2. The molecule has 38 heavy (non-hydrogen) atoms. The Labute approximate surface area is 221 Å². The summed E-state index contributed by atoms with van der Waals surface area (Å²) in [7, 11) is 0. The molecule has 12 heteroatoms. The molecule has 1 aromatic heterocycles. The van der Waals surface area contributed by atoms with Gasteiger partial charge in [0.15, 0.2) is 11.6 Å². The Kier molecular flexibility index (Phi) is 8.67. The van der Waals surface area contributed by atoms with Crippen LogP contribution in [0.1, 0.15) is 46.1 Å². The summed E-state index contributed by atoms with van der Waals surface area (Å²) < 4.78 is 74.6. The molecular weight excluding hydrogens is 554 g/mol. The molecule has 3 aromatic rings. The van der Waals surface area contributed by atoms with Crippen LogP contribution in [0.25, 0.3) is 10.4 Å². The maximum Gasteiger partial charge on any atom is 0.416 e. The number of thioether (sulfide) groups is 1. The van der Waals surface area contributed by atoms with Crippen molar-refractivity contribution >= 4 is 34.7 Å². The van der Waals surface area contributed by atoms with Gasteiger partial charge in [0, 0.05) is 16.7 Å². The largest absolute Gasteiger partial charge is 0.510 e. The lowest BCUT2D eigenvalue weighted by atomic mass is 10.0. The number of ketones is 2. The minimum Gasteiger partial charge on any atom is -0.510 e. The standard InChI is InChI=1S/C13H11F3O2S.C13H9F3O2S/c2*1-7(17)10-6-19-12(11(10)18)8-2-4-9(5-3-8)13(14,15)16/h2-5,12,18H,6H2,1H3;2-6,18H,1H3. The summed E-state index contributed by atoms with van der Waals surface area (Å²) in [6.45, 7) is 2.68. The van der Waals surface area contributed by atoms with E-state index in [9.17, 15) is 46.1 Å². The van der Waals surface area contributed by atoms with E-state index >= 15 is 0 Å². The number of halogens is 6. The number of aliphatic hydroxyl groups is 1. The summed E-state index contributed by atoms with van der Waals surface area (Å²) in [6, 6.07) is 9.07. The molecule has 0 aliphatic carbocycles. The Morgan fingerprint density at radius 2 is 1.32 bits per heavy atom. The van der Waals surface area contributed by atoms with E-state index in [2.05, 4.69) is 0 Å². The molecule has 1 aliphatic heterocycles. The van der Waals surface area contributed by atoms with E-state index in [1.54, 1.807) is 0 Å². The third-order valence-corrected chi connectivity index (χ3v) is 7.84.